The van der Waals surface area contributed by atoms with Crippen molar-refractivity contribution in [1.82, 2.24) is 5.32 Å². The minimum absolute atomic E-state index is 0. The lowest BCUT2D eigenvalue weighted by molar-refractivity contribution is -0.131. The summed E-state index contributed by atoms with van der Waals surface area (Å²) in [5.41, 5.74) is 6.33. The van der Waals surface area contributed by atoms with Gasteiger partial charge in [0, 0.05) is 30.8 Å². The minimum Gasteiger partial charge on any atom is -0.381 e. The second kappa shape index (κ2) is 9.93. The molecule has 0 radical (unpaired) electrons. The van der Waals surface area contributed by atoms with Crippen LogP contribution >= 0.6 is 24.0 Å². The van der Waals surface area contributed by atoms with Gasteiger partial charge in [-0.3, -0.25) is 4.79 Å². The number of halogens is 2. The predicted octanol–water partition coefficient (Wildman–Crippen LogP) is 3.83. The van der Waals surface area contributed by atoms with Gasteiger partial charge in [-0.15, -0.1) is 12.4 Å². The number of benzene rings is 1. The summed E-state index contributed by atoms with van der Waals surface area (Å²) in [7, 11) is 0. The summed E-state index contributed by atoms with van der Waals surface area (Å²) in [4.78, 5) is 13.4. The van der Waals surface area contributed by atoms with E-state index in [-0.39, 0.29) is 24.4 Å². The van der Waals surface area contributed by atoms with Gasteiger partial charge in [0.1, 0.15) is 0 Å². The van der Waals surface area contributed by atoms with Crippen LogP contribution in [-0.4, -0.2) is 31.7 Å². The minimum atomic E-state index is -0.612. The normalized spacial score (nSPS) is 21.5. The van der Waals surface area contributed by atoms with E-state index >= 15 is 0 Å². The zero-order chi connectivity index (χ0) is 17.7. The second-order valence-electron chi connectivity index (χ2n) is 7.39. The number of hydrogen-bond donors (Lipinski definition) is 2. The van der Waals surface area contributed by atoms with Crippen molar-refractivity contribution in [3.05, 3.63) is 34.9 Å². The third kappa shape index (κ3) is 4.53. The molecule has 2 aliphatic rings. The van der Waals surface area contributed by atoms with Crippen LogP contribution in [0.25, 0.3) is 0 Å². The van der Waals surface area contributed by atoms with Crippen molar-refractivity contribution in [3.8, 4) is 0 Å². The van der Waals surface area contributed by atoms with Crippen LogP contribution in [0.1, 0.15) is 50.5 Å². The fraction of sp³-hybridized carbons (Fsp3) is 0.650. The van der Waals surface area contributed by atoms with Crippen molar-refractivity contribution in [2.45, 2.75) is 56.4 Å². The Labute approximate surface area is 167 Å². The van der Waals surface area contributed by atoms with Gasteiger partial charge in [-0.05, 0) is 43.2 Å². The van der Waals surface area contributed by atoms with E-state index in [0.717, 1.165) is 18.4 Å². The van der Waals surface area contributed by atoms with E-state index in [1.54, 1.807) is 0 Å². The topological polar surface area (TPSA) is 64.3 Å². The molecule has 1 saturated heterocycles. The predicted molar refractivity (Wildman–Crippen MR) is 108 cm³/mol. The third-order valence-corrected chi connectivity index (χ3v) is 6.29. The molecular formula is C20H30Cl2N2O2. The molecule has 1 atom stereocenters. The Hall–Kier alpha value is -0.810. The van der Waals surface area contributed by atoms with Gasteiger partial charge >= 0.3 is 0 Å². The van der Waals surface area contributed by atoms with E-state index in [4.69, 9.17) is 22.1 Å². The van der Waals surface area contributed by atoms with E-state index < -0.39 is 5.41 Å². The van der Waals surface area contributed by atoms with E-state index in [1.165, 1.54) is 19.3 Å². The first kappa shape index (κ1) is 21.5. The van der Waals surface area contributed by atoms with Crippen LogP contribution in [0.5, 0.6) is 0 Å². The standard InChI is InChI=1S/C20H29ClN2O2.ClH/c21-17-9-5-4-8-16(17)20(10-12-25-13-11-20)19(24)23-18(14-22)15-6-2-1-3-7-15;/h4-5,8-9,15,18H,1-3,6-7,10-14,22H2,(H,23,24);1H. The molecule has 1 heterocycles. The largest absolute Gasteiger partial charge is 0.381 e. The highest BCUT2D eigenvalue weighted by Crippen LogP contribution is 2.39. The Morgan fingerprint density at radius 2 is 1.88 bits per heavy atom. The van der Waals surface area contributed by atoms with E-state index in [9.17, 15) is 4.79 Å². The molecule has 1 unspecified atom stereocenters. The number of nitrogens with one attached hydrogen (secondary N) is 1. The van der Waals surface area contributed by atoms with Crippen LogP contribution in [0, 0.1) is 5.92 Å². The first-order valence-corrected chi connectivity index (χ1v) is 9.89. The number of carbonyl (C=O) groups is 1. The van der Waals surface area contributed by atoms with Gasteiger partial charge in [-0.2, -0.15) is 0 Å². The highest BCUT2D eigenvalue weighted by Gasteiger charge is 2.44. The zero-order valence-electron chi connectivity index (χ0n) is 15.2. The van der Waals surface area contributed by atoms with Crippen LogP contribution in [0.15, 0.2) is 24.3 Å². The molecule has 4 nitrogen and oxygen atoms in total. The Morgan fingerprint density at radius 3 is 2.50 bits per heavy atom. The van der Waals surface area contributed by atoms with E-state index in [2.05, 4.69) is 5.32 Å². The van der Waals surface area contributed by atoms with Gasteiger partial charge in [-0.25, -0.2) is 0 Å². The number of rotatable bonds is 5. The van der Waals surface area contributed by atoms with Gasteiger partial charge < -0.3 is 15.8 Å². The lowest BCUT2D eigenvalue weighted by Crippen LogP contribution is -2.54. The lowest BCUT2D eigenvalue weighted by atomic mass is 9.72. The summed E-state index contributed by atoms with van der Waals surface area (Å²) in [6.45, 7) is 1.65. The fourth-order valence-electron chi connectivity index (χ4n) is 4.40. The number of carbonyl (C=O) groups excluding carboxylic acids is 1. The highest BCUT2D eigenvalue weighted by atomic mass is 35.5. The molecule has 2 fully saturated rings. The van der Waals surface area contributed by atoms with Crippen molar-refractivity contribution in [1.29, 1.82) is 0 Å². The Morgan fingerprint density at radius 1 is 1.23 bits per heavy atom. The summed E-state index contributed by atoms with van der Waals surface area (Å²) >= 11 is 6.46. The SMILES string of the molecule is Cl.NCC(NC(=O)C1(c2ccccc2Cl)CCOCC1)C1CCCCC1. The van der Waals surface area contributed by atoms with Crippen molar-refractivity contribution < 1.29 is 9.53 Å². The summed E-state index contributed by atoms with van der Waals surface area (Å²) in [5, 5.41) is 3.95. The molecule has 3 N–H and O–H groups in total. The van der Waals surface area contributed by atoms with Gasteiger partial charge in [0.25, 0.3) is 0 Å². The van der Waals surface area contributed by atoms with Gasteiger partial charge in [-0.1, -0.05) is 49.1 Å². The smallest absolute Gasteiger partial charge is 0.231 e. The zero-order valence-corrected chi connectivity index (χ0v) is 16.8. The number of amides is 1. The quantitative estimate of drug-likeness (QED) is 0.788. The van der Waals surface area contributed by atoms with E-state index in [1.807, 2.05) is 24.3 Å². The summed E-state index contributed by atoms with van der Waals surface area (Å²) in [5.74, 6) is 0.552. The van der Waals surface area contributed by atoms with Gasteiger partial charge in [0.05, 0.1) is 5.41 Å². The molecule has 26 heavy (non-hydrogen) atoms. The molecule has 0 aromatic heterocycles. The van der Waals surface area contributed by atoms with Crippen LogP contribution in [0.3, 0.4) is 0 Å². The van der Waals surface area contributed by atoms with Crippen LogP contribution in [0.2, 0.25) is 5.02 Å². The summed E-state index contributed by atoms with van der Waals surface area (Å²) in [6.07, 6.45) is 7.40. The first-order valence-electron chi connectivity index (χ1n) is 9.51. The molecule has 1 aromatic rings. The maximum atomic E-state index is 13.4. The maximum absolute atomic E-state index is 13.4. The Kier molecular flexibility index (Phi) is 8.21. The average molecular weight is 401 g/mol. The van der Waals surface area contributed by atoms with Crippen molar-refractivity contribution in [3.63, 3.8) is 0 Å². The van der Waals surface area contributed by atoms with Gasteiger partial charge in [0.2, 0.25) is 5.91 Å². The molecule has 1 aromatic carbocycles. The molecule has 1 aliphatic heterocycles. The molecule has 1 amide bonds. The van der Waals surface area contributed by atoms with Crippen LogP contribution < -0.4 is 11.1 Å². The summed E-state index contributed by atoms with van der Waals surface area (Å²) in [6, 6.07) is 7.75. The molecule has 1 saturated carbocycles. The molecular weight excluding hydrogens is 371 g/mol. The third-order valence-electron chi connectivity index (χ3n) is 5.96. The number of ether oxygens (including phenoxy) is 1. The Balaban J connectivity index is 0.00000243. The van der Waals surface area contributed by atoms with Crippen molar-refractivity contribution >= 4 is 29.9 Å². The van der Waals surface area contributed by atoms with Crippen molar-refractivity contribution in [2.24, 2.45) is 11.7 Å². The van der Waals surface area contributed by atoms with Crippen molar-refractivity contribution in [2.75, 3.05) is 19.8 Å². The van der Waals surface area contributed by atoms with Gasteiger partial charge in [0.15, 0.2) is 0 Å². The lowest BCUT2D eigenvalue weighted by Gasteiger charge is -2.39. The molecule has 6 heteroatoms. The van der Waals surface area contributed by atoms with Crippen LogP contribution in [-0.2, 0) is 14.9 Å². The first-order chi connectivity index (χ1) is 12.2. The second-order valence-corrected chi connectivity index (χ2v) is 7.80. The molecule has 1 aliphatic carbocycles. The van der Waals surface area contributed by atoms with E-state index in [0.29, 0.717) is 43.5 Å². The monoisotopic (exact) mass is 400 g/mol. The fourth-order valence-corrected chi connectivity index (χ4v) is 4.72. The van der Waals surface area contributed by atoms with Crippen LogP contribution in [0.4, 0.5) is 0 Å². The maximum Gasteiger partial charge on any atom is 0.231 e. The highest BCUT2D eigenvalue weighted by molar-refractivity contribution is 6.31. The average Bonchev–Trinajstić information content (AvgIpc) is 2.67. The number of nitrogens with two attached hydrogens (primary N) is 1. The molecule has 3 rings (SSSR count). The molecule has 0 spiro atoms. The summed E-state index contributed by atoms with van der Waals surface area (Å²) < 4.78 is 5.54. The number of hydrogen-bond acceptors (Lipinski definition) is 3. The molecule has 0 bridgehead atoms. The molecule has 146 valence electrons. The Bertz CT molecular complexity index is 585.